The molecule has 1 saturated carbocycles. The molecule has 1 amide bonds. The number of carbonyl (C=O) groups is 2. The van der Waals surface area contributed by atoms with E-state index in [1.165, 1.54) is 0 Å². The fourth-order valence-corrected chi connectivity index (χ4v) is 3.37. The Hall–Kier alpha value is -2.72. The van der Waals surface area contributed by atoms with Crippen LogP contribution in [0.1, 0.15) is 51.5 Å². The number of ether oxygens (including phenoxy) is 1. The molecule has 2 N–H and O–H groups in total. The van der Waals surface area contributed by atoms with E-state index in [9.17, 15) is 14.7 Å². The summed E-state index contributed by atoms with van der Waals surface area (Å²) in [7, 11) is 0. The van der Waals surface area contributed by atoms with E-state index in [2.05, 4.69) is 10.5 Å². The number of benzene rings is 1. The number of hydrazone groups is 1. The number of nitrogens with zero attached hydrogens (tertiary/aromatic N) is 2. The summed E-state index contributed by atoms with van der Waals surface area (Å²) in [5.74, 6) is -2.07. The van der Waals surface area contributed by atoms with Crippen LogP contribution in [0, 0.1) is 17.2 Å². The van der Waals surface area contributed by atoms with E-state index >= 15 is 0 Å². The van der Waals surface area contributed by atoms with Crippen LogP contribution in [0.2, 0.25) is 0 Å². The number of aliphatic hydroxyl groups is 1. The van der Waals surface area contributed by atoms with Crippen LogP contribution < -0.4 is 5.43 Å². The first kappa shape index (κ1) is 20.6. The molecule has 7 heteroatoms. The third-order valence-corrected chi connectivity index (χ3v) is 4.38. The van der Waals surface area contributed by atoms with Gasteiger partial charge in [-0.2, -0.15) is 10.4 Å². The molecule has 0 radical (unpaired) electrons. The van der Waals surface area contributed by atoms with Gasteiger partial charge in [-0.05, 0) is 32.8 Å². The molecule has 1 aromatic rings. The lowest BCUT2D eigenvalue weighted by Crippen LogP contribution is -2.46. The van der Waals surface area contributed by atoms with Gasteiger partial charge in [0.05, 0.1) is 23.5 Å². The van der Waals surface area contributed by atoms with Gasteiger partial charge in [0.15, 0.2) is 0 Å². The second kappa shape index (κ2) is 8.78. The minimum atomic E-state index is -1.09. The van der Waals surface area contributed by atoms with Crippen LogP contribution in [0.4, 0.5) is 0 Å². The van der Waals surface area contributed by atoms with Crippen LogP contribution in [-0.2, 0) is 14.3 Å². The van der Waals surface area contributed by atoms with Crippen LogP contribution in [0.15, 0.2) is 35.4 Å². The smallest absolute Gasteiger partial charge is 0.315 e. The highest BCUT2D eigenvalue weighted by molar-refractivity contribution is 6.04. The first-order valence-electron chi connectivity index (χ1n) is 8.93. The van der Waals surface area contributed by atoms with E-state index in [4.69, 9.17) is 10.00 Å². The van der Waals surface area contributed by atoms with Gasteiger partial charge in [0.1, 0.15) is 12.3 Å². The molecule has 1 aliphatic rings. The summed E-state index contributed by atoms with van der Waals surface area (Å²) in [4.78, 5) is 24.5. The van der Waals surface area contributed by atoms with Crippen LogP contribution >= 0.6 is 0 Å². The first-order chi connectivity index (χ1) is 12.7. The van der Waals surface area contributed by atoms with Crippen molar-refractivity contribution in [3.63, 3.8) is 0 Å². The topological polar surface area (TPSA) is 112 Å². The second-order valence-electron chi connectivity index (χ2n) is 7.33. The zero-order chi connectivity index (χ0) is 20.0. The molecule has 1 fully saturated rings. The number of esters is 1. The Kier molecular flexibility index (Phi) is 6.70. The van der Waals surface area contributed by atoms with Crippen molar-refractivity contribution in [3.05, 3.63) is 35.9 Å². The monoisotopic (exact) mass is 371 g/mol. The normalized spacial score (nSPS) is 26.4. The molecule has 7 nitrogen and oxygen atoms in total. The molecule has 0 unspecified atom stereocenters. The molecule has 3 atom stereocenters. The van der Waals surface area contributed by atoms with E-state index in [0.29, 0.717) is 12.1 Å². The predicted octanol–water partition coefficient (Wildman–Crippen LogP) is 2.27. The largest absolute Gasteiger partial charge is 0.462 e. The second-order valence-corrected chi connectivity index (χ2v) is 7.33. The maximum atomic E-state index is 12.8. The average molecular weight is 371 g/mol. The maximum Gasteiger partial charge on any atom is 0.315 e. The highest BCUT2D eigenvalue weighted by Gasteiger charge is 2.46. The van der Waals surface area contributed by atoms with E-state index < -0.39 is 23.4 Å². The summed E-state index contributed by atoms with van der Waals surface area (Å²) >= 11 is 0. The zero-order valence-electron chi connectivity index (χ0n) is 15.8. The van der Waals surface area contributed by atoms with Gasteiger partial charge in [-0.3, -0.25) is 9.59 Å². The van der Waals surface area contributed by atoms with Crippen molar-refractivity contribution in [2.45, 2.75) is 57.7 Å². The molecule has 0 spiro atoms. The van der Waals surface area contributed by atoms with Gasteiger partial charge in [-0.15, -0.1) is 0 Å². The molecule has 0 heterocycles. The van der Waals surface area contributed by atoms with Crippen molar-refractivity contribution in [2.75, 3.05) is 0 Å². The number of hydrogen-bond donors (Lipinski definition) is 2. The molecular formula is C20H25N3O4. The lowest BCUT2D eigenvalue weighted by molar-refractivity contribution is -0.151. The highest BCUT2D eigenvalue weighted by Crippen LogP contribution is 2.41. The SMILES string of the molecule is CC(C)OC(=O)[C@H]1/C(=N\NC(=O)CC#N)C[C@](C)(O)C[C@H]1c1ccccc1. The summed E-state index contributed by atoms with van der Waals surface area (Å²) in [6, 6.07) is 11.2. The number of hydrogen-bond acceptors (Lipinski definition) is 6. The zero-order valence-corrected chi connectivity index (χ0v) is 15.8. The van der Waals surface area contributed by atoms with E-state index in [1.54, 1.807) is 26.8 Å². The van der Waals surface area contributed by atoms with Crippen LogP contribution in [0.3, 0.4) is 0 Å². The molecule has 0 bridgehead atoms. The summed E-state index contributed by atoms with van der Waals surface area (Å²) in [5, 5.41) is 23.4. The minimum absolute atomic E-state index is 0.126. The standard InChI is InChI=1S/C20H25N3O4/c1-13(2)27-19(25)18-15(14-7-5-4-6-8-14)11-20(3,26)12-16(18)22-23-17(24)9-10-21/h4-8,13,15,18,26H,9,11-12H2,1-3H3,(H,23,24)/b22-16-/t15-,18+,20+/m0/s1. The minimum Gasteiger partial charge on any atom is -0.462 e. The van der Waals surface area contributed by atoms with Crippen molar-refractivity contribution in [2.24, 2.45) is 11.0 Å². The predicted molar refractivity (Wildman–Crippen MR) is 99.6 cm³/mol. The molecule has 0 saturated heterocycles. The molecule has 2 rings (SSSR count). The Morgan fingerprint density at radius 2 is 2.07 bits per heavy atom. The van der Waals surface area contributed by atoms with Gasteiger partial charge in [0, 0.05) is 12.3 Å². The van der Waals surface area contributed by atoms with Crippen LogP contribution in [0.25, 0.3) is 0 Å². The molecule has 0 aliphatic heterocycles. The highest BCUT2D eigenvalue weighted by atomic mass is 16.5. The Morgan fingerprint density at radius 1 is 1.41 bits per heavy atom. The number of nitrogens with one attached hydrogen (secondary N) is 1. The van der Waals surface area contributed by atoms with E-state index in [-0.39, 0.29) is 24.9 Å². The van der Waals surface area contributed by atoms with Crippen molar-refractivity contribution >= 4 is 17.6 Å². The molecule has 27 heavy (non-hydrogen) atoms. The molecule has 0 aromatic heterocycles. The Balaban J connectivity index is 2.43. The third-order valence-electron chi connectivity index (χ3n) is 4.38. The average Bonchev–Trinajstić information content (AvgIpc) is 2.59. The lowest BCUT2D eigenvalue weighted by atomic mass is 9.68. The van der Waals surface area contributed by atoms with Gasteiger partial charge in [0.25, 0.3) is 5.91 Å². The third kappa shape index (κ3) is 5.63. The fourth-order valence-electron chi connectivity index (χ4n) is 3.37. The van der Waals surface area contributed by atoms with Gasteiger partial charge in [-0.25, -0.2) is 5.43 Å². The van der Waals surface area contributed by atoms with Crippen molar-refractivity contribution < 1.29 is 19.4 Å². The number of amides is 1. The van der Waals surface area contributed by atoms with Crippen molar-refractivity contribution in [1.82, 2.24) is 5.43 Å². The lowest BCUT2D eigenvalue weighted by Gasteiger charge is -2.39. The number of nitriles is 1. The molecular weight excluding hydrogens is 346 g/mol. The van der Waals surface area contributed by atoms with Crippen molar-refractivity contribution in [3.8, 4) is 6.07 Å². The van der Waals surface area contributed by atoms with Crippen LogP contribution in [-0.4, -0.2) is 34.4 Å². The summed E-state index contributed by atoms with van der Waals surface area (Å²) in [5.41, 5.74) is 2.45. The number of rotatable bonds is 5. The first-order valence-corrected chi connectivity index (χ1v) is 8.93. The van der Waals surface area contributed by atoms with E-state index in [0.717, 1.165) is 5.56 Å². The molecule has 1 aromatic carbocycles. The molecule has 1 aliphatic carbocycles. The van der Waals surface area contributed by atoms with Gasteiger partial charge in [0.2, 0.25) is 0 Å². The van der Waals surface area contributed by atoms with Crippen molar-refractivity contribution in [1.29, 1.82) is 5.26 Å². The fraction of sp³-hybridized carbons (Fsp3) is 0.500. The number of carbonyl (C=O) groups excluding carboxylic acids is 2. The quantitative estimate of drug-likeness (QED) is 0.609. The summed E-state index contributed by atoms with van der Waals surface area (Å²) in [6.45, 7) is 5.21. The Bertz CT molecular complexity index is 750. The Morgan fingerprint density at radius 3 is 2.67 bits per heavy atom. The van der Waals surface area contributed by atoms with Gasteiger partial charge in [-0.1, -0.05) is 30.3 Å². The van der Waals surface area contributed by atoms with Gasteiger partial charge >= 0.3 is 5.97 Å². The Labute approximate surface area is 159 Å². The molecule has 144 valence electrons. The van der Waals surface area contributed by atoms with E-state index in [1.807, 2.05) is 30.3 Å². The summed E-state index contributed by atoms with van der Waals surface area (Å²) < 4.78 is 5.43. The van der Waals surface area contributed by atoms with Gasteiger partial charge < -0.3 is 9.84 Å². The summed E-state index contributed by atoms with van der Waals surface area (Å²) in [6.07, 6.45) is -0.150. The maximum absolute atomic E-state index is 12.8. The van der Waals surface area contributed by atoms with Crippen LogP contribution in [0.5, 0.6) is 0 Å².